The van der Waals surface area contributed by atoms with Crippen molar-refractivity contribution in [1.82, 2.24) is 0 Å². The summed E-state index contributed by atoms with van der Waals surface area (Å²) in [6.45, 7) is 0. The van der Waals surface area contributed by atoms with Gasteiger partial charge < -0.3 is 0 Å². The summed E-state index contributed by atoms with van der Waals surface area (Å²) in [6.07, 6.45) is -4.35. The number of hydrogen-bond acceptors (Lipinski definition) is 4. The monoisotopic (exact) mass is 324 g/mol. The van der Waals surface area contributed by atoms with Crippen LogP contribution in [0.5, 0.6) is 0 Å². The standard InChI is InChI=1S/C11H11F3N2O2S2/c12-11(13,14)10-6-9(3-2-8(10)7-15)19-4-1-5-20(16,17)18/h2-3,6H,1,4-5H2,(H2,16,17,18). The van der Waals surface area contributed by atoms with E-state index in [-0.39, 0.29) is 12.2 Å². The first-order chi connectivity index (χ1) is 9.13. The SMILES string of the molecule is N#Cc1ccc(SCCCS(N)(=O)=O)cc1C(F)(F)F. The number of hydrogen-bond donors (Lipinski definition) is 1. The molecule has 0 unspecified atom stereocenters. The summed E-state index contributed by atoms with van der Waals surface area (Å²) >= 11 is 1.08. The zero-order valence-corrected chi connectivity index (χ0v) is 11.8. The lowest BCUT2D eigenvalue weighted by molar-refractivity contribution is -0.137. The Kier molecular flexibility index (Phi) is 5.44. The van der Waals surface area contributed by atoms with Gasteiger partial charge in [0, 0.05) is 4.90 Å². The fraction of sp³-hybridized carbons (Fsp3) is 0.364. The van der Waals surface area contributed by atoms with E-state index in [1.807, 2.05) is 0 Å². The molecule has 0 aliphatic rings. The molecule has 0 radical (unpaired) electrons. The number of sulfonamides is 1. The zero-order chi connectivity index (χ0) is 15.4. The van der Waals surface area contributed by atoms with E-state index in [0.717, 1.165) is 23.9 Å². The van der Waals surface area contributed by atoms with Gasteiger partial charge in [-0.05, 0) is 30.4 Å². The lowest BCUT2D eigenvalue weighted by Gasteiger charge is -2.10. The minimum Gasteiger partial charge on any atom is -0.229 e. The van der Waals surface area contributed by atoms with Crippen molar-refractivity contribution in [1.29, 1.82) is 5.26 Å². The summed E-state index contributed by atoms with van der Waals surface area (Å²) in [6, 6.07) is 4.88. The Morgan fingerprint density at radius 1 is 1.35 bits per heavy atom. The maximum absolute atomic E-state index is 12.7. The molecule has 0 aliphatic heterocycles. The maximum Gasteiger partial charge on any atom is 0.417 e. The molecule has 0 bridgehead atoms. The third-order valence-electron chi connectivity index (χ3n) is 2.26. The van der Waals surface area contributed by atoms with Crippen molar-refractivity contribution in [2.75, 3.05) is 11.5 Å². The average Bonchev–Trinajstić information content (AvgIpc) is 2.32. The van der Waals surface area contributed by atoms with E-state index in [2.05, 4.69) is 0 Å². The topological polar surface area (TPSA) is 83.9 Å². The van der Waals surface area contributed by atoms with Crippen molar-refractivity contribution in [3.63, 3.8) is 0 Å². The maximum atomic E-state index is 12.7. The third-order valence-corrected chi connectivity index (χ3v) is 4.20. The van der Waals surface area contributed by atoms with Crippen molar-refractivity contribution in [2.24, 2.45) is 5.14 Å². The smallest absolute Gasteiger partial charge is 0.229 e. The fourth-order valence-electron chi connectivity index (χ4n) is 1.40. The Labute approximate surface area is 118 Å². The molecule has 4 nitrogen and oxygen atoms in total. The zero-order valence-electron chi connectivity index (χ0n) is 10.1. The van der Waals surface area contributed by atoms with E-state index < -0.39 is 27.3 Å². The van der Waals surface area contributed by atoms with Gasteiger partial charge in [0.2, 0.25) is 10.0 Å². The van der Waals surface area contributed by atoms with Crippen LogP contribution in [0.2, 0.25) is 0 Å². The summed E-state index contributed by atoms with van der Waals surface area (Å²) < 4.78 is 59.5. The molecule has 1 rings (SSSR count). The van der Waals surface area contributed by atoms with Crippen LogP contribution >= 0.6 is 11.8 Å². The molecule has 20 heavy (non-hydrogen) atoms. The largest absolute Gasteiger partial charge is 0.417 e. The number of alkyl halides is 3. The fourth-order valence-corrected chi connectivity index (χ4v) is 3.01. The quantitative estimate of drug-likeness (QED) is 0.665. The number of thioether (sulfide) groups is 1. The highest BCUT2D eigenvalue weighted by Crippen LogP contribution is 2.34. The van der Waals surface area contributed by atoms with Crippen molar-refractivity contribution in [3.8, 4) is 6.07 Å². The molecule has 0 saturated heterocycles. The second-order valence-electron chi connectivity index (χ2n) is 3.89. The van der Waals surface area contributed by atoms with E-state index in [9.17, 15) is 21.6 Å². The number of nitrogens with zero attached hydrogens (tertiary/aromatic N) is 1. The van der Waals surface area contributed by atoms with Gasteiger partial charge in [0.05, 0.1) is 22.9 Å². The molecule has 0 aromatic heterocycles. The Morgan fingerprint density at radius 3 is 2.50 bits per heavy atom. The van der Waals surface area contributed by atoms with Crippen molar-refractivity contribution >= 4 is 21.8 Å². The molecule has 110 valence electrons. The molecule has 0 saturated carbocycles. The van der Waals surface area contributed by atoms with Crippen LogP contribution in [-0.2, 0) is 16.2 Å². The van der Waals surface area contributed by atoms with Crippen molar-refractivity contribution in [2.45, 2.75) is 17.5 Å². The van der Waals surface area contributed by atoms with Gasteiger partial charge >= 0.3 is 6.18 Å². The molecular formula is C11H11F3N2O2S2. The first-order valence-electron chi connectivity index (χ1n) is 5.38. The molecule has 9 heteroatoms. The molecule has 1 aromatic rings. The van der Waals surface area contributed by atoms with Crippen LogP contribution in [0, 0.1) is 11.3 Å². The number of benzene rings is 1. The summed E-state index contributed by atoms with van der Waals surface area (Å²) in [5, 5.41) is 13.5. The van der Waals surface area contributed by atoms with Crippen LogP contribution in [0.4, 0.5) is 13.2 Å². The van der Waals surface area contributed by atoms with Crippen LogP contribution in [0.15, 0.2) is 23.1 Å². The van der Waals surface area contributed by atoms with Crippen LogP contribution in [-0.4, -0.2) is 19.9 Å². The number of primary sulfonamides is 1. The predicted octanol–water partition coefficient (Wildman–Crippen LogP) is 2.35. The van der Waals surface area contributed by atoms with E-state index in [0.29, 0.717) is 10.6 Å². The summed E-state index contributed by atoms with van der Waals surface area (Å²) in [7, 11) is -3.56. The van der Waals surface area contributed by atoms with Gasteiger partial charge in [0.1, 0.15) is 0 Å². The second-order valence-corrected chi connectivity index (χ2v) is 6.79. The first kappa shape index (κ1) is 16.8. The van der Waals surface area contributed by atoms with Crippen LogP contribution in [0.1, 0.15) is 17.5 Å². The Hall–Kier alpha value is -1.24. The van der Waals surface area contributed by atoms with Gasteiger partial charge in [0.15, 0.2) is 0 Å². The highest BCUT2D eigenvalue weighted by molar-refractivity contribution is 7.99. The summed E-state index contributed by atoms with van der Waals surface area (Å²) in [5.41, 5.74) is -1.43. The van der Waals surface area contributed by atoms with Gasteiger partial charge in [-0.2, -0.15) is 18.4 Å². The van der Waals surface area contributed by atoms with Crippen molar-refractivity contribution < 1.29 is 21.6 Å². The lowest BCUT2D eigenvalue weighted by atomic mass is 10.1. The van der Waals surface area contributed by atoms with Gasteiger partial charge in [-0.1, -0.05) is 0 Å². The second kappa shape index (κ2) is 6.47. The minimum absolute atomic E-state index is 0.220. The lowest BCUT2D eigenvalue weighted by Crippen LogP contribution is -2.16. The predicted molar refractivity (Wildman–Crippen MR) is 69.5 cm³/mol. The van der Waals surface area contributed by atoms with E-state index in [1.54, 1.807) is 0 Å². The molecule has 0 amide bonds. The highest BCUT2D eigenvalue weighted by atomic mass is 32.2. The molecule has 0 heterocycles. The molecule has 0 fully saturated rings. The van der Waals surface area contributed by atoms with Crippen LogP contribution in [0.3, 0.4) is 0 Å². The van der Waals surface area contributed by atoms with E-state index >= 15 is 0 Å². The number of nitrogens with two attached hydrogens (primary N) is 1. The highest BCUT2D eigenvalue weighted by Gasteiger charge is 2.33. The van der Waals surface area contributed by atoms with E-state index in [1.165, 1.54) is 12.1 Å². The van der Waals surface area contributed by atoms with Gasteiger partial charge in [-0.25, -0.2) is 13.6 Å². The Balaban J connectivity index is 2.76. The molecule has 1 aromatic carbocycles. The van der Waals surface area contributed by atoms with Crippen LogP contribution < -0.4 is 5.14 Å². The molecular weight excluding hydrogens is 313 g/mol. The Morgan fingerprint density at radius 2 is 2.00 bits per heavy atom. The van der Waals surface area contributed by atoms with Gasteiger partial charge in [-0.3, -0.25) is 0 Å². The Bertz CT molecular complexity index is 622. The average molecular weight is 324 g/mol. The van der Waals surface area contributed by atoms with Crippen LogP contribution in [0.25, 0.3) is 0 Å². The normalized spacial score (nSPS) is 12.2. The minimum atomic E-state index is -4.60. The van der Waals surface area contributed by atoms with Crippen molar-refractivity contribution in [3.05, 3.63) is 29.3 Å². The number of halogens is 3. The van der Waals surface area contributed by atoms with E-state index in [4.69, 9.17) is 10.4 Å². The van der Waals surface area contributed by atoms with Gasteiger partial charge in [0.25, 0.3) is 0 Å². The molecule has 2 N–H and O–H groups in total. The molecule has 0 aliphatic carbocycles. The molecule has 0 atom stereocenters. The summed E-state index contributed by atoms with van der Waals surface area (Å²) in [5.74, 6) is 0.0992. The number of rotatable bonds is 5. The number of nitriles is 1. The molecule has 0 spiro atoms. The third kappa shape index (κ3) is 5.40. The van der Waals surface area contributed by atoms with Gasteiger partial charge in [-0.15, -0.1) is 11.8 Å². The first-order valence-corrected chi connectivity index (χ1v) is 8.08. The summed E-state index contributed by atoms with van der Waals surface area (Å²) in [4.78, 5) is 0.325.